The molecule has 18 heavy (non-hydrogen) atoms. The first-order valence-corrected chi connectivity index (χ1v) is 6.40. The van der Waals surface area contributed by atoms with Crippen LogP contribution in [0.25, 0.3) is 0 Å². The molecule has 0 radical (unpaired) electrons. The fraction of sp³-hybridized carbons (Fsp3) is 0.545. The number of hydrogen-bond donors (Lipinski definition) is 0. The van der Waals surface area contributed by atoms with Gasteiger partial charge in [0.1, 0.15) is 12.4 Å². The molecule has 0 aliphatic rings. The Morgan fingerprint density at radius 1 is 1.33 bits per heavy atom. The van der Waals surface area contributed by atoms with Crippen LogP contribution in [0.4, 0.5) is 0 Å². The second-order valence-corrected chi connectivity index (χ2v) is 5.16. The van der Waals surface area contributed by atoms with Gasteiger partial charge in [-0.15, -0.1) is 0 Å². The van der Waals surface area contributed by atoms with Crippen molar-refractivity contribution in [3.63, 3.8) is 0 Å². The molecule has 0 saturated heterocycles. The van der Waals surface area contributed by atoms with E-state index >= 15 is 0 Å². The molecule has 0 amide bonds. The van der Waals surface area contributed by atoms with Gasteiger partial charge < -0.3 is 13.7 Å². The Bertz CT molecular complexity index is 504. The molecule has 98 valence electrons. The van der Waals surface area contributed by atoms with Crippen LogP contribution in [0.1, 0.15) is 35.3 Å². The zero-order chi connectivity index (χ0) is 13.1. The fourth-order valence-electron chi connectivity index (χ4n) is 1.32. The molecule has 1 atom stereocenters. The van der Waals surface area contributed by atoms with E-state index in [0.717, 1.165) is 11.5 Å². The van der Waals surface area contributed by atoms with Gasteiger partial charge in [-0.25, -0.2) is 4.98 Å². The Labute approximate surface area is 109 Å². The highest BCUT2D eigenvalue weighted by Crippen LogP contribution is 2.34. The van der Waals surface area contributed by atoms with E-state index in [1.54, 1.807) is 7.11 Å². The smallest absolute Gasteiger partial charge is 0.256 e. The summed E-state index contributed by atoms with van der Waals surface area (Å²) < 4.78 is 15.6. The van der Waals surface area contributed by atoms with Gasteiger partial charge in [0.2, 0.25) is 5.89 Å². The third kappa shape index (κ3) is 2.91. The van der Waals surface area contributed by atoms with Crippen LogP contribution in [-0.2, 0) is 11.3 Å². The molecule has 1 unspecified atom stereocenters. The molecule has 0 aliphatic heterocycles. The van der Waals surface area contributed by atoms with Crippen molar-refractivity contribution >= 4 is 11.8 Å². The van der Waals surface area contributed by atoms with Crippen LogP contribution < -0.4 is 0 Å². The van der Waals surface area contributed by atoms with Crippen LogP contribution in [0.2, 0.25) is 0 Å². The van der Waals surface area contributed by atoms with E-state index in [4.69, 9.17) is 13.7 Å². The molecule has 0 fully saturated rings. The van der Waals surface area contributed by atoms with Crippen molar-refractivity contribution in [1.82, 2.24) is 15.1 Å². The molecule has 2 rings (SSSR count). The van der Waals surface area contributed by atoms with Crippen molar-refractivity contribution in [1.29, 1.82) is 0 Å². The Morgan fingerprint density at radius 2 is 2.11 bits per heavy atom. The number of rotatable bonds is 5. The van der Waals surface area contributed by atoms with Crippen molar-refractivity contribution in [2.24, 2.45) is 0 Å². The summed E-state index contributed by atoms with van der Waals surface area (Å²) in [5.74, 6) is 1.91. The summed E-state index contributed by atoms with van der Waals surface area (Å²) in [5.41, 5.74) is 0.898. The molecule has 0 bridgehead atoms. The average molecular weight is 269 g/mol. The van der Waals surface area contributed by atoms with Crippen molar-refractivity contribution in [3.8, 4) is 0 Å². The molecule has 0 aliphatic carbocycles. The van der Waals surface area contributed by atoms with Crippen molar-refractivity contribution in [2.45, 2.75) is 37.9 Å². The van der Waals surface area contributed by atoms with Gasteiger partial charge in [0.25, 0.3) is 5.22 Å². The van der Waals surface area contributed by atoms with Crippen LogP contribution in [0.5, 0.6) is 0 Å². The maximum absolute atomic E-state index is 5.50. The molecular formula is C11H15N3O3S. The minimum Gasteiger partial charge on any atom is -0.437 e. The van der Waals surface area contributed by atoms with Gasteiger partial charge in [-0.3, -0.25) is 0 Å². The number of nitrogens with zero attached hydrogens (tertiary/aromatic N) is 3. The zero-order valence-electron chi connectivity index (χ0n) is 10.8. The molecular weight excluding hydrogens is 254 g/mol. The molecule has 0 N–H and O–H groups in total. The summed E-state index contributed by atoms with van der Waals surface area (Å²) in [6.45, 7) is 6.11. The first kappa shape index (κ1) is 13.1. The van der Waals surface area contributed by atoms with Gasteiger partial charge >= 0.3 is 0 Å². The largest absolute Gasteiger partial charge is 0.437 e. The Balaban J connectivity index is 2.04. The van der Waals surface area contributed by atoms with Gasteiger partial charge in [0, 0.05) is 7.11 Å². The Morgan fingerprint density at radius 3 is 2.72 bits per heavy atom. The first-order chi connectivity index (χ1) is 8.60. The monoisotopic (exact) mass is 269 g/mol. The van der Waals surface area contributed by atoms with E-state index < -0.39 is 0 Å². The minimum absolute atomic E-state index is 0.0134. The lowest BCUT2D eigenvalue weighted by Crippen LogP contribution is -1.92. The van der Waals surface area contributed by atoms with E-state index in [9.17, 15) is 0 Å². The van der Waals surface area contributed by atoms with Crippen molar-refractivity contribution in [3.05, 3.63) is 23.2 Å². The highest BCUT2D eigenvalue weighted by atomic mass is 32.2. The predicted molar refractivity (Wildman–Crippen MR) is 65.3 cm³/mol. The molecule has 2 heterocycles. The SMILES string of the molecule is COCc1noc(C(C)Sc2nc(C)c(C)o2)n1. The highest BCUT2D eigenvalue weighted by molar-refractivity contribution is 7.99. The molecule has 0 aromatic carbocycles. The molecule has 0 saturated carbocycles. The second-order valence-electron chi connectivity index (χ2n) is 3.86. The number of oxazole rings is 1. The lowest BCUT2D eigenvalue weighted by Gasteiger charge is -2.01. The lowest BCUT2D eigenvalue weighted by atomic mass is 10.4. The second kappa shape index (κ2) is 5.53. The molecule has 2 aromatic heterocycles. The van der Waals surface area contributed by atoms with E-state index in [-0.39, 0.29) is 5.25 Å². The summed E-state index contributed by atoms with van der Waals surface area (Å²) in [6.07, 6.45) is 0. The molecule has 7 heteroatoms. The standard InChI is InChI=1S/C11H15N3O3S/c1-6-7(2)16-11(12-6)18-8(3)10-13-9(5-15-4)14-17-10/h8H,5H2,1-4H3. The van der Waals surface area contributed by atoms with Crippen LogP contribution in [0.3, 0.4) is 0 Å². The van der Waals surface area contributed by atoms with E-state index in [2.05, 4.69) is 15.1 Å². The van der Waals surface area contributed by atoms with E-state index in [1.165, 1.54) is 11.8 Å². The van der Waals surface area contributed by atoms with E-state index in [1.807, 2.05) is 20.8 Å². The number of thioether (sulfide) groups is 1. The maximum Gasteiger partial charge on any atom is 0.256 e. The summed E-state index contributed by atoms with van der Waals surface area (Å²) in [7, 11) is 1.59. The summed E-state index contributed by atoms with van der Waals surface area (Å²) >= 11 is 1.45. The number of methoxy groups -OCH3 is 1. The van der Waals surface area contributed by atoms with Crippen molar-refractivity contribution < 1.29 is 13.7 Å². The average Bonchev–Trinajstić information content (AvgIpc) is 2.88. The third-order valence-electron chi connectivity index (χ3n) is 2.39. The van der Waals surface area contributed by atoms with Gasteiger partial charge in [0.05, 0.1) is 10.9 Å². The molecule has 2 aromatic rings. The summed E-state index contributed by atoms with van der Waals surface area (Å²) in [5, 5.41) is 4.42. The number of aryl methyl sites for hydroxylation is 2. The molecule has 6 nitrogen and oxygen atoms in total. The van der Waals surface area contributed by atoms with Crippen molar-refractivity contribution in [2.75, 3.05) is 7.11 Å². The quantitative estimate of drug-likeness (QED) is 0.772. The summed E-state index contributed by atoms with van der Waals surface area (Å²) in [6, 6.07) is 0. The molecule has 0 spiro atoms. The van der Waals surface area contributed by atoms with Gasteiger partial charge in [-0.05, 0) is 20.8 Å². The van der Waals surface area contributed by atoms with E-state index in [0.29, 0.717) is 23.5 Å². The number of hydrogen-bond acceptors (Lipinski definition) is 7. The lowest BCUT2D eigenvalue weighted by molar-refractivity contribution is 0.174. The normalized spacial score (nSPS) is 12.9. The topological polar surface area (TPSA) is 74.2 Å². The van der Waals surface area contributed by atoms with Crippen LogP contribution >= 0.6 is 11.8 Å². The minimum atomic E-state index is -0.0134. The third-order valence-corrected chi connectivity index (χ3v) is 3.32. The highest BCUT2D eigenvalue weighted by Gasteiger charge is 2.18. The van der Waals surface area contributed by atoms with Crippen LogP contribution in [0.15, 0.2) is 14.2 Å². The fourth-order valence-corrected chi connectivity index (χ4v) is 2.18. The zero-order valence-corrected chi connectivity index (χ0v) is 11.6. The summed E-state index contributed by atoms with van der Waals surface area (Å²) in [4.78, 5) is 8.53. The Hall–Kier alpha value is -1.34. The van der Waals surface area contributed by atoms with Crippen LogP contribution in [-0.4, -0.2) is 22.2 Å². The maximum atomic E-state index is 5.50. The Kier molecular flexibility index (Phi) is 4.03. The number of aromatic nitrogens is 3. The van der Waals surface area contributed by atoms with Crippen LogP contribution in [0, 0.1) is 13.8 Å². The first-order valence-electron chi connectivity index (χ1n) is 5.52. The van der Waals surface area contributed by atoms with Gasteiger partial charge in [-0.2, -0.15) is 4.98 Å². The van der Waals surface area contributed by atoms with Gasteiger partial charge in [0.15, 0.2) is 5.82 Å². The number of ether oxygens (including phenoxy) is 1. The van der Waals surface area contributed by atoms with Gasteiger partial charge in [-0.1, -0.05) is 16.9 Å². The predicted octanol–water partition coefficient (Wildman–Crippen LogP) is 2.67.